The molecule has 2 heterocycles. The molecule has 0 atom stereocenters. The Kier molecular flexibility index (Phi) is 6.39. The zero-order valence-corrected chi connectivity index (χ0v) is 15.6. The fourth-order valence-electron chi connectivity index (χ4n) is 1.77. The Balaban J connectivity index is 2.03. The normalized spacial score (nSPS) is 11.9. The first kappa shape index (κ1) is 17.1. The molecule has 4 nitrogen and oxygen atoms in total. The van der Waals surface area contributed by atoms with Gasteiger partial charge in [0.15, 0.2) is 0 Å². The highest BCUT2D eigenvalue weighted by Crippen LogP contribution is 2.24. The molecule has 2 aromatic heterocycles. The second-order valence-corrected chi connectivity index (χ2v) is 9.70. The lowest BCUT2D eigenvalue weighted by Crippen LogP contribution is -2.24. The maximum atomic E-state index is 12.4. The van der Waals surface area contributed by atoms with Gasteiger partial charge < -0.3 is 5.32 Å². The van der Waals surface area contributed by atoms with Crippen molar-refractivity contribution in [3.8, 4) is 0 Å². The van der Waals surface area contributed by atoms with Crippen LogP contribution in [0.4, 0.5) is 0 Å². The van der Waals surface area contributed by atoms with Gasteiger partial charge in [-0.1, -0.05) is 6.92 Å². The fourth-order valence-corrected chi connectivity index (χ4v) is 5.70. The Morgan fingerprint density at radius 1 is 1.24 bits per heavy atom. The molecule has 0 spiro atoms. The van der Waals surface area contributed by atoms with Gasteiger partial charge in [-0.2, -0.15) is 0 Å². The molecule has 0 bridgehead atoms. The van der Waals surface area contributed by atoms with Gasteiger partial charge in [-0.15, -0.1) is 22.7 Å². The van der Waals surface area contributed by atoms with Crippen molar-refractivity contribution in [3.63, 3.8) is 0 Å². The molecule has 2 rings (SSSR count). The van der Waals surface area contributed by atoms with Gasteiger partial charge in [-0.3, -0.25) is 0 Å². The van der Waals surface area contributed by atoms with Crippen LogP contribution in [0.25, 0.3) is 0 Å². The van der Waals surface area contributed by atoms with Crippen molar-refractivity contribution < 1.29 is 8.42 Å². The molecule has 116 valence electrons. The van der Waals surface area contributed by atoms with Crippen molar-refractivity contribution in [2.75, 3.05) is 6.54 Å². The minimum atomic E-state index is -3.46. The molecule has 0 aliphatic rings. The highest BCUT2D eigenvalue weighted by atomic mass is 79.9. The smallest absolute Gasteiger partial charge is 0.242 e. The molecule has 0 saturated heterocycles. The van der Waals surface area contributed by atoms with Gasteiger partial charge in [0.2, 0.25) is 10.0 Å². The molecular formula is C13H17BrN2O2S3. The molecule has 8 heteroatoms. The van der Waals surface area contributed by atoms with E-state index in [1.165, 1.54) is 22.7 Å². The summed E-state index contributed by atoms with van der Waals surface area (Å²) < 4.78 is 28.4. The number of nitrogens with one attached hydrogen (secondary N) is 2. The van der Waals surface area contributed by atoms with E-state index in [4.69, 9.17) is 0 Å². The van der Waals surface area contributed by atoms with Gasteiger partial charge in [0.25, 0.3) is 0 Å². The van der Waals surface area contributed by atoms with Crippen molar-refractivity contribution in [2.24, 2.45) is 0 Å². The van der Waals surface area contributed by atoms with Crippen LogP contribution in [0.15, 0.2) is 32.3 Å². The average Bonchev–Trinajstić information content (AvgIpc) is 3.06. The van der Waals surface area contributed by atoms with E-state index < -0.39 is 10.0 Å². The molecule has 0 aliphatic heterocycles. The summed E-state index contributed by atoms with van der Waals surface area (Å²) in [7, 11) is -3.46. The quantitative estimate of drug-likeness (QED) is 0.656. The van der Waals surface area contributed by atoms with E-state index in [0.29, 0.717) is 18.0 Å². The summed E-state index contributed by atoms with van der Waals surface area (Å²) in [6.07, 6.45) is 1.03. The van der Waals surface area contributed by atoms with Gasteiger partial charge in [0.1, 0.15) is 0 Å². The number of halogens is 1. The number of rotatable bonds is 8. The minimum Gasteiger partial charge on any atom is -0.312 e. The van der Waals surface area contributed by atoms with Crippen molar-refractivity contribution in [1.29, 1.82) is 0 Å². The summed E-state index contributed by atoms with van der Waals surface area (Å²) in [6, 6.07) is 5.49. The van der Waals surface area contributed by atoms with E-state index in [-0.39, 0.29) is 0 Å². The number of hydrogen-bond acceptors (Lipinski definition) is 5. The van der Waals surface area contributed by atoms with Crippen LogP contribution in [-0.4, -0.2) is 15.0 Å². The SMILES string of the molecule is CCCNCc1sccc1S(=O)(=O)NCc1ccc(Br)s1. The monoisotopic (exact) mass is 408 g/mol. The molecule has 21 heavy (non-hydrogen) atoms. The van der Waals surface area contributed by atoms with Crippen LogP contribution in [-0.2, 0) is 23.1 Å². The van der Waals surface area contributed by atoms with Crippen molar-refractivity contribution in [3.05, 3.63) is 37.1 Å². The lowest BCUT2D eigenvalue weighted by Gasteiger charge is -2.07. The number of sulfonamides is 1. The Morgan fingerprint density at radius 3 is 2.71 bits per heavy atom. The molecule has 2 N–H and O–H groups in total. The van der Waals surface area contributed by atoms with Crippen molar-refractivity contribution >= 4 is 48.6 Å². The van der Waals surface area contributed by atoms with Crippen molar-refractivity contribution in [1.82, 2.24) is 10.0 Å². The Morgan fingerprint density at radius 2 is 2.05 bits per heavy atom. The Bertz CT molecular complexity index is 679. The molecular weight excluding hydrogens is 392 g/mol. The highest BCUT2D eigenvalue weighted by molar-refractivity contribution is 9.11. The predicted molar refractivity (Wildman–Crippen MR) is 92.4 cm³/mol. The fraction of sp³-hybridized carbons (Fsp3) is 0.385. The third-order valence-electron chi connectivity index (χ3n) is 2.77. The second-order valence-electron chi connectivity index (χ2n) is 4.42. The van der Waals surface area contributed by atoms with E-state index in [0.717, 1.165) is 26.5 Å². The number of hydrogen-bond donors (Lipinski definition) is 2. The summed E-state index contributed by atoms with van der Waals surface area (Å²) in [5.41, 5.74) is 0. The molecule has 0 fully saturated rings. The van der Waals surface area contributed by atoms with E-state index in [9.17, 15) is 8.42 Å². The standard InChI is InChI=1S/C13H17BrN2O2S3/c1-2-6-15-9-11-12(5-7-19-11)21(17,18)16-8-10-3-4-13(14)20-10/h3-5,7,15-16H,2,6,8-9H2,1H3. The maximum absolute atomic E-state index is 12.4. The maximum Gasteiger partial charge on any atom is 0.242 e. The molecule has 2 aromatic rings. The van der Waals surface area contributed by atoms with Gasteiger partial charge >= 0.3 is 0 Å². The minimum absolute atomic E-state index is 0.316. The van der Waals surface area contributed by atoms with Crippen LogP contribution < -0.4 is 10.0 Å². The lowest BCUT2D eigenvalue weighted by atomic mass is 10.4. The third kappa shape index (κ3) is 4.87. The third-order valence-corrected chi connectivity index (χ3v) is 6.93. The largest absolute Gasteiger partial charge is 0.312 e. The number of thiophene rings is 2. The van der Waals surface area contributed by atoms with E-state index >= 15 is 0 Å². The summed E-state index contributed by atoms with van der Waals surface area (Å²) >= 11 is 6.37. The molecule has 0 aliphatic carbocycles. The first-order valence-corrected chi connectivity index (χ1v) is 10.5. The van der Waals surface area contributed by atoms with Gasteiger partial charge in [0.05, 0.1) is 8.68 Å². The summed E-state index contributed by atoms with van der Waals surface area (Å²) in [4.78, 5) is 2.21. The van der Waals surface area contributed by atoms with Crippen LogP contribution >= 0.6 is 38.6 Å². The summed E-state index contributed by atoms with van der Waals surface area (Å²) in [5, 5.41) is 5.06. The van der Waals surface area contributed by atoms with Crippen LogP contribution in [0.2, 0.25) is 0 Å². The average molecular weight is 409 g/mol. The summed E-state index contributed by atoms with van der Waals surface area (Å²) in [6.45, 7) is 3.87. The molecule has 0 radical (unpaired) electrons. The van der Waals surface area contributed by atoms with E-state index in [1.54, 1.807) is 6.07 Å². The zero-order valence-electron chi connectivity index (χ0n) is 11.6. The van der Waals surface area contributed by atoms with Crippen LogP contribution in [0.5, 0.6) is 0 Å². The molecule has 0 aromatic carbocycles. The second kappa shape index (κ2) is 7.85. The highest BCUT2D eigenvalue weighted by Gasteiger charge is 2.19. The van der Waals surface area contributed by atoms with Gasteiger partial charge in [0, 0.05) is 22.8 Å². The van der Waals surface area contributed by atoms with Crippen molar-refractivity contribution in [2.45, 2.75) is 31.3 Å². The molecule has 0 unspecified atom stereocenters. The Hall–Kier alpha value is -0.250. The van der Waals surface area contributed by atoms with Crippen LogP contribution in [0.1, 0.15) is 23.1 Å². The summed E-state index contributed by atoms with van der Waals surface area (Å²) in [5.74, 6) is 0. The van der Waals surface area contributed by atoms with Gasteiger partial charge in [-0.05, 0) is 52.5 Å². The molecule has 0 amide bonds. The van der Waals surface area contributed by atoms with Crippen LogP contribution in [0, 0.1) is 0 Å². The first-order valence-electron chi connectivity index (χ1n) is 6.54. The lowest BCUT2D eigenvalue weighted by molar-refractivity contribution is 0.579. The van der Waals surface area contributed by atoms with Gasteiger partial charge in [-0.25, -0.2) is 13.1 Å². The zero-order chi connectivity index (χ0) is 15.3. The topological polar surface area (TPSA) is 58.2 Å². The predicted octanol–water partition coefficient (Wildman–Crippen LogP) is 3.55. The Labute approximate surface area is 141 Å². The van der Waals surface area contributed by atoms with E-state index in [1.807, 2.05) is 17.5 Å². The molecule has 0 saturated carbocycles. The van der Waals surface area contributed by atoms with E-state index in [2.05, 4.69) is 32.9 Å². The first-order chi connectivity index (χ1) is 10.0. The van der Waals surface area contributed by atoms with Crippen LogP contribution in [0.3, 0.4) is 0 Å².